The molecule has 1 saturated heterocycles. The Bertz CT molecular complexity index is 1120. The summed E-state index contributed by atoms with van der Waals surface area (Å²) in [5, 5.41) is 0. The molecule has 166 valence electrons. The summed E-state index contributed by atoms with van der Waals surface area (Å²) < 4.78 is 5.43. The SMILES string of the molecule is COc1ccc(C)cc1CC(=O)N1CCC[C@H](c2nc(-c3ccccc3)c(C(N)=O)[nH]2)C1. The van der Waals surface area contributed by atoms with Crippen molar-refractivity contribution in [2.75, 3.05) is 20.2 Å². The van der Waals surface area contributed by atoms with Crippen LogP contribution in [-0.2, 0) is 11.2 Å². The summed E-state index contributed by atoms with van der Waals surface area (Å²) in [6.45, 7) is 3.26. The highest BCUT2D eigenvalue weighted by Crippen LogP contribution is 2.30. The van der Waals surface area contributed by atoms with Gasteiger partial charge in [-0.25, -0.2) is 4.98 Å². The Morgan fingerprint density at radius 3 is 2.72 bits per heavy atom. The average Bonchev–Trinajstić information content (AvgIpc) is 3.26. The molecule has 3 N–H and O–H groups in total. The van der Waals surface area contributed by atoms with E-state index in [0.29, 0.717) is 30.3 Å². The summed E-state index contributed by atoms with van der Waals surface area (Å²) in [5.41, 5.74) is 9.28. The fourth-order valence-corrected chi connectivity index (χ4v) is 4.32. The van der Waals surface area contributed by atoms with Gasteiger partial charge in [0, 0.05) is 30.1 Å². The van der Waals surface area contributed by atoms with Gasteiger partial charge in [0.25, 0.3) is 5.91 Å². The van der Waals surface area contributed by atoms with E-state index >= 15 is 0 Å². The smallest absolute Gasteiger partial charge is 0.267 e. The number of carbonyl (C=O) groups excluding carboxylic acids is 2. The molecule has 2 heterocycles. The van der Waals surface area contributed by atoms with Crippen molar-refractivity contribution in [1.82, 2.24) is 14.9 Å². The predicted octanol–water partition coefficient (Wildman–Crippen LogP) is 3.44. The number of amides is 2. The number of rotatable bonds is 6. The number of aryl methyl sites for hydroxylation is 1. The first-order chi connectivity index (χ1) is 15.5. The maximum Gasteiger partial charge on any atom is 0.267 e. The standard InChI is InChI=1S/C25H28N4O3/c1-16-10-11-20(32-2)19(13-16)14-21(30)29-12-6-9-18(15-29)25-27-22(23(28-25)24(26)31)17-7-4-3-5-8-17/h3-5,7-8,10-11,13,18H,6,9,12,14-15H2,1-2H3,(H2,26,31)(H,27,28)/t18-/m0/s1. The molecule has 7 heteroatoms. The lowest BCUT2D eigenvalue weighted by atomic mass is 9.96. The first kappa shape index (κ1) is 21.6. The van der Waals surface area contributed by atoms with Gasteiger partial charge in [0.1, 0.15) is 23.0 Å². The van der Waals surface area contributed by atoms with Crippen LogP contribution in [0.3, 0.4) is 0 Å². The average molecular weight is 433 g/mol. The molecular weight excluding hydrogens is 404 g/mol. The number of nitrogens with two attached hydrogens (primary N) is 1. The van der Waals surface area contributed by atoms with E-state index in [4.69, 9.17) is 15.5 Å². The molecular formula is C25H28N4O3. The first-order valence-electron chi connectivity index (χ1n) is 10.8. The lowest BCUT2D eigenvalue weighted by Gasteiger charge is -2.32. The van der Waals surface area contributed by atoms with Crippen molar-refractivity contribution in [3.8, 4) is 17.0 Å². The van der Waals surface area contributed by atoms with Crippen LogP contribution in [0.15, 0.2) is 48.5 Å². The molecule has 0 saturated carbocycles. The molecule has 1 atom stereocenters. The van der Waals surface area contributed by atoms with Crippen molar-refractivity contribution >= 4 is 11.8 Å². The molecule has 0 spiro atoms. The Balaban J connectivity index is 1.54. The van der Waals surface area contributed by atoms with Gasteiger partial charge in [-0.3, -0.25) is 9.59 Å². The molecule has 2 amide bonds. The fraction of sp³-hybridized carbons (Fsp3) is 0.320. The second-order valence-electron chi connectivity index (χ2n) is 8.25. The first-order valence-corrected chi connectivity index (χ1v) is 10.8. The summed E-state index contributed by atoms with van der Waals surface area (Å²) >= 11 is 0. The number of primary amides is 1. The van der Waals surface area contributed by atoms with Gasteiger partial charge in [-0.05, 0) is 25.8 Å². The quantitative estimate of drug-likeness (QED) is 0.623. The number of hydrogen-bond donors (Lipinski definition) is 2. The number of imidazole rings is 1. The highest BCUT2D eigenvalue weighted by atomic mass is 16.5. The number of hydrogen-bond acceptors (Lipinski definition) is 4. The molecule has 2 aromatic carbocycles. The highest BCUT2D eigenvalue weighted by Gasteiger charge is 2.29. The molecule has 0 aliphatic carbocycles. The van der Waals surface area contributed by atoms with Crippen LogP contribution < -0.4 is 10.5 Å². The minimum Gasteiger partial charge on any atom is -0.496 e. The Kier molecular flexibility index (Phi) is 6.25. The maximum absolute atomic E-state index is 13.1. The highest BCUT2D eigenvalue weighted by molar-refractivity contribution is 5.97. The van der Waals surface area contributed by atoms with Crippen molar-refractivity contribution in [3.63, 3.8) is 0 Å². The van der Waals surface area contributed by atoms with E-state index in [-0.39, 0.29) is 18.2 Å². The zero-order valence-electron chi connectivity index (χ0n) is 18.4. The van der Waals surface area contributed by atoms with E-state index in [1.165, 1.54) is 0 Å². The van der Waals surface area contributed by atoms with E-state index in [0.717, 1.165) is 35.3 Å². The number of ether oxygens (including phenoxy) is 1. The van der Waals surface area contributed by atoms with Crippen molar-refractivity contribution in [2.24, 2.45) is 5.73 Å². The number of aromatic amines is 1. The van der Waals surface area contributed by atoms with E-state index in [2.05, 4.69) is 4.98 Å². The third-order valence-corrected chi connectivity index (χ3v) is 5.95. The van der Waals surface area contributed by atoms with E-state index in [9.17, 15) is 9.59 Å². The summed E-state index contributed by atoms with van der Waals surface area (Å²) in [6.07, 6.45) is 2.05. The zero-order chi connectivity index (χ0) is 22.7. The number of benzene rings is 2. The Morgan fingerprint density at radius 2 is 2.00 bits per heavy atom. The van der Waals surface area contributed by atoms with Gasteiger partial charge in [-0.2, -0.15) is 0 Å². The summed E-state index contributed by atoms with van der Waals surface area (Å²) in [4.78, 5) is 34.9. The number of nitrogens with one attached hydrogen (secondary N) is 1. The molecule has 1 aliphatic heterocycles. The van der Waals surface area contributed by atoms with Crippen molar-refractivity contribution in [3.05, 3.63) is 71.2 Å². The monoisotopic (exact) mass is 432 g/mol. The van der Waals surface area contributed by atoms with Gasteiger partial charge >= 0.3 is 0 Å². The molecule has 1 aliphatic rings. The van der Waals surface area contributed by atoms with Gasteiger partial charge in [-0.1, -0.05) is 48.0 Å². The Hall–Kier alpha value is -3.61. The molecule has 1 aromatic heterocycles. The van der Waals surface area contributed by atoms with E-state index in [1.807, 2.05) is 60.4 Å². The Labute approximate surface area is 187 Å². The zero-order valence-corrected chi connectivity index (χ0v) is 18.4. The fourth-order valence-electron chi connectivity index (χ4n) is 4.32. The van der Waals surface area contributed by atoms with Crippen molar-refractivity contribution < 1.29 is 14.3 Å². The summed E-state index contributed by atoms with van der Waals surface area (Å²) in [5.74, 6) is 0.953. The molecule has 0 radical (unpaired) electrons. The van der Waals surface area contributed by atoms with Crippen LogP contribution in [0.2, 0.25) is 0 Å². The number of H-pyrrole nitrogens is 1. The topological polar surface area (TPSA) is 101 Å². The molecule has 0 unspecified atom stereocenters. The third kappa shape index (κ3) is 4.51. The number of methoxy groups -OCH3 is 1. The number of nitrogens with zero attached hydrogens (tertiary/aromatic N) is 2. The van der Waals surface area contributed by atoms with E-state index < -0.39 is 5.91 Å². The van der Waals surface area contributed by atoms with Crippen molar-refractivity contribution in [2.45, 2.75) is 32.1 Å². The normalized spacial score (nSPS) is 16.1. The second kappa shape index (κ2) is 9.26. The lowest BCUT2D eigenvalue weighted by molar-refractivity contribution is -0.131. The number of likely N-dealkylation sites (tertiary alicyclic amines) is 1. The van der Waals surface area contributed by atoms with Gasteiger partial charge < -0.3 is 20.4 Å². The summed E-state index contributed by atoms with van der Waals surface area (Å²) in [6, 6.07) is 15.4. The molecule has 3 aromatic rings. The molecule has 7 nitrogen and oxygen atoms in total. The van der Waals surface area contributed by atoms with Gasteiger partial charge in [0.15, 0.2) is 0 Å². The minimum atomic E-state index is -0.544. The minimum absolute atomic E-state index is 0.0164. The van der Waals surface area contributed by atoms with Crippen LogP contribution in [0.1, 0.15) is 46.2 Å². The second-order valence-corrected chi connectivity index (χ2v) is 8.25. The van der Waals surface area contributed by atoms with Gasteiger partial charge in [0.05, 0.1) is 13.5 Å². The number of piperidine rings is 1. The Morgan fingerprint density at radius 1 is 1.22 bits per heavy atom. The van der Waals surface area contributed by atoms with Crippen LogP contribution in [-0.4, -0.2) is 46.9 Å². The molecule has 0 bridgehead atoms. The molecule has 4 rings (SSSR count). The van der Waals surface area contributed by atoms with Crippen molar-refractivity contribution in [1.29, 1.82) is 0 Å². The largest absolute Gasteiger partial charge is 0.496 e. The number of carbonyl (C=O) groups is 2. The van der Waals surface area contributed by atoms with Crippen LogP contribution in [0.25, 0.3) is 11.3 Å². The maximum atomic E-state index is 13.1. The van der Waals surface area contributed by atoms with Gasteiger partial charge in [0.2, 0.25) is 5.91 Å². The van der Waals surface area contributed by atoms with Crippen LogP contribution in [0.5, 0.6) is 5.75 Å². The summed E-state index contributed by atoms with van der Waals surface area (Å²) in [7, 11) is 1.62. The molecule has 1 fully saturated rings. The van der Waals surface area contributed by atoms with Gasteiger partial charge in [-0.15, -0.1) is 0 Å². The lowest BCUT2D eigenvalue weighted by Crippen LogP contribution is -2.40. The van der Waals surface area contributed by atoms with Crippen LogP contribution in [0.4, 0.5) is 0 Å². The molecule has 32 heavy (non-hydrogen) atoms. The van der Waals surface area contributed by atoms with Crippen LogP contribution >= 0.6 is 0 Å². The van der Waals surface area contributed by atoms with E-state index in [1.54, 1.807) is 7.11 Å². The number of aromatic nitrogens is 2. The predicted molar refractivity (Wildman–Crippen MR) is 123 cm³/mol. The van der Waals surface area contributed by atoms with Crippen LogP contribution in [0, 0.1) is 6.92 Å². The third-order valence-electron chi connectivity index (χ3n) is 5.95.